The van der Waals surface area contributed by atoms with E-state index in [1.54, 1.807) is 0 Å². The first kappa shape index (κ1) is 17.1. The molecule has 26 heavy (non-hydrogen) atoms. The molecule has 3 aromatic rings. The zero-order valence-corrected chi connectivity index (χ0v) is 13.6. The smallest absolute Gasteiger partial charge is 0.269 e. The molecule has 2 N–H and O–H groups in total. The zero-order valence-electron chi connectivity index (χ0n) is 13.6. The van der Waals surface area contributed by atoms with Crippen LogP contribution in [-0.4, -0.2) is 16.7 Å². The second kappa shape index (κ2) is 7.43. The van der Waals surface area contributed by atoms with Crippen molar-refractivity contribution in [1.82, 2.24) is 10.9 Å². The van der Waals surface area contributed by atoms with Crippen molar-refractivity contribution in [2.75, 3.05) is 0 Å². The van der Waals surface area contributed by atoms with Crippen LogP contribution in [0.3, 0.4) is 0 Å². The SMILES string of the molecule is O=C(Cc1cccc2ccccc12)NNC(=O)c1ccc([N+](=O)[O-])cc1. The van der Waals surface area contributed by atoms with Crippen LogP contribution in [-0.2, 0) is 11.2 Å². The van der Waals surface area contributed by atoms with E-state index in [1.807, 2.05) is 42.5 Å². The summed E-state index contributed by atoms with van der Waals surface area (Å²) in [5.41, 5.74) is 5.62. The number of hydrogen-bond acceptors (Lipinski definition) is 4. The lowest BCUT2D eigenvalue weighted by atomic mass is 10.0. The molecule has 0 heterocycles. The molecule has 0 aliphatic carbocycles. The molecule has 0 aliphatic heterocycles. The quantitative estimate of drug-likeness (QED) is 0.558. The van der Waals surface area contributed by atoms with Crippen LogP contribution in [0.1, 0.15) is 15.9 Å². The topological polar surface area (TPSA) is 101 Å². The fourth-order valence-electron chi connectivity index (χ4n) is 2.60. The number of rotatable bonds is 4. The Labute approximate surface area is 148 Å². The summed E-state index contributed by atoms with van der Waals surface area (Å²) >= 11 is 0. The molecule has 0 aliphatic rings. The van der Waals surface area contributed by atoms with Crippen LogP contribution >= 0.6 is 0 Å². The largest absolute Gasteiger partial charge is 0.273 e. The number of carbonyl (C=O) groups is 2. The maximum Gasteiger partial charge on any atom is 0.269 e. The number of hydrazine groups is 1. The van der Waals surface area contributed by atoms with Crippen LogP contribution in [0.15, 0.2) is 66.7 Å². The molecule has 3 rings (SSSR count). The van der Waals surface area contributed by atoms with Crippen LogP contribution in [0, 0.1) is 10.1 Å². The fraction of sp³-hybridized carbons (Fsp3) is 0.0526. The maximum absolute atomic E-state index is 12.1. The lowest BCUT2D eigenvalue weighted by Gasteiger charge is -2.09. The normalized spacial score (nSPS) is 10.3. The summed E-state index contributed by atoms with van der Waals surface area (Å²) in [5.74, 6) is -0.914. The third kappa shape index (κ3) is 3.84. The minimum absolute atomic E-state index is 0.110. The van der Waals surface area contributed by atoms with Gasteiger partial charge in [0.1, 0.15) is 0 Å². The molecule has 0 saturated heterocycles. The third-order valence-electron chi connectivity index (χ3n) is 3.89. The van der Waals surface area contributed by atoms with Gasteiger partial charge in [-0.25, -0.2) is 0 Å². The first-order chi connectivity index (χ1) is 12.5. The molecular weight excluding hydrogens is 334 g/mol. The lowest BCUT2D eigenvalue weighted by Crippen LogP contribution is -2.42. The number of non-ortho nitro benzene ring substituents is 1. The summed E-state index contributed by atoms with van der Waals surface area (Å²) in [6, 6.07) is 18.5. The van der Waals surface area contributed by atoms with E-state index in [1.165, 1.54) is 24.3 Å². The molecule has 0 fully saturated rings. The number of nitrogens with one attached hydrogen (secondary N) is 2. The highest BCUT2D eigenvalue weighted by Gasteiger charge is 2.11. The second-order valence-corrected chi connectivity index (χ2v) is 5.62. The Morgan fingerprint density at radius 2 is 1.58 bits per heavy atom. The lowest BCUT2D eigenvalue weighted by molar-refractivity contribution is -0.384. The van der Waals surface area contributed by atoms with Gasteiger partial charge in [-0.2, -0.15) is 0 Å². The number of fused-ring (bicyclic) bond motifs is 1. The number of hydrogen-bond donors (Lipinski definition) is 2. The molecule has 7 heteroatoms. The van der Waals surface area contributed by atoms with Gasteiger partial charge in [0, 0.05) is 17.7 Å². The van der Waals surface area contributed by atoms with Crippen molar-refractivity contribution >= 4 is 28.3 Å². The van der Waals surface area contributed by atoms with Crippen molar-refractivity contribution in [3.05, 3.63) is 88.0 Å². The summed E-state index contributed by atoms with van der Waals surface area (Å²) in [5, 5.41) is 12.6. The maximum atomic E-state index is 12.1. The van der Waals surface area contributed by atoms with Crippen molar-refractivity contribution in [2.24, 2.45) is 0 Å². The number of amides is 2. The Morgan fingerprint density at radius 3 is 2.31 bits per heavy atom. The molecule has 3 aromatic carbocycles. The summed E-state index contributed by atoms with van der Waals surface area (Å²) in [4.78, 5) is 34.2. The van der Waals surface area contributed by atoms with Gasteiger partial charge in [-0.3, -0.25) is 30.6 Å². The molecule has 2 amide bonds. The number of nitro groups is 1. The molecule has 0 aromatic heterocycles. The first-order valence-electron chi connectivity index (χ1n) is 7.85. The fourth-order valence-corrected chi connectivity index (χ4v) is 2.60. The third-order valence-corrected chi connectivity index (χ3v) is 3.89. The molecule has 7 nitrogen and oxygen atoms in total. The Bertz CT molecular complexity index is 978. The molecule has 0 unspecified atom stereocenters. The van der Waals surface area contributed by atoms with Crippen molar-refractivity contribution in [3.8, 4) is 0 Å². The van der Waals surface area contributed by atoms with Crippen LogP contribution in [0.5, 0.6) is 0 Å². The molecular formula is C19H15N3O4. The highest BCUT2D eigenvalue weighted by atomic mass is 16.6. The molecule has 130 valence electrons. The number of benzene rings is 3. The van der Waals surface area contributed by atoms with Gasteiger partial charge in [-0.05, 0) is 28.5 Å². The highest BCUT2D eigenvalue weighted by Crippen LogP contribution is 2.18. The van der Waals surface area contributed by atoms with Gasteiger partial charge >= 0.3 is 0 Å². The minimum Gasteiger partial charge on any atom is -0.273 e. The van der Waals surface area contributed by atoms with Gasteiger partial charge in [-0.1, -0.05) is 42.5 Å². The van der Waals surface area contributed by atoms with Gasteiger partial charge in [0.25, 0.3) is 11.6 Å². The average molecular weight is 349 g/mol. The standard InChI is InChI=1S/C19H15N3O4/c23-18(12-15-6-3-5-13-4-1-2-7-17(13)15)20-21-19(24)14-8-10-16(11-9-14)22(25)26/h1-11H,12H2,(H,20,23)(H,21,24). The van der Waals surface area contributed by atoms with Crippen LogP contribution in [0.4, 0.5) is 5.69 Å². The van der Waals surface area contributed by atoms with Gasteiger partial charge in [0.15, 0.2) is 0 Å². The molecule has 0 saturated carbocycles. The van der Waals surface area contributed by atoms with Crippen molar-refractivity contribution in [1.29, 1.82) is 0 Å². The highest BCUT2D eigenvalue weighted by molar-refractivity contribution is 5.96. The van der Waals surface area contributed by atoms with Crippen molar-refractivity contribution in [3.63, 3.8) is 0 Å². The minimum atomic E-state index is -0.550. The summed E-state index contributed by atoms with van der Waals surface area (Å²) < 4.78 is 0. The average Bonchev–Trinajstić information content (AvgIpc) is 2.66. The summed E-state index contributed by atoms with van der Waals surface area (Å²) in [7, 11) is 0. The van der Waals surface area contributed by atoms with E-state index in [0.717, 1.165) is 16.3 Å². The summed E-state index contributed by atoms with van der Waals surface area (Å²) in [6.45, 7) is 0. The van der Waals surface area contributed by atoms with Crippen LogP contribution in [0.2, 0.25) is 0 Å². The van der Waals surface area contributed by atoms with Gasteiger partial charge < -0.3 is 0 Å². The molecule has 0 radical (unpaired) electrons. The molecule has 0 bridgehead atoms. The first-order valence-corrected chi connectivity index (χ1v) is 7.85. The Hall–Kier alpha value is -3.74. The van der Waals surface area contributed by atoms with Crippen molar-refractivity contribution < 1.29 is 14.5 Å². The van der Waals surface area contributed by atoms with Gasteiger partial charge in [-0.15, -0.1) is 0 Å². The van der Waals surface area contributed by atoms with E-state index in [4.69, 9.17) is 0 Å². The van der Waals surface area contributed by atoms with Crippen LogP contribution in [0.25, 0.3) is 10.8 Å². The van der Waals surface area contributed by atoms with Crippen molar-refractivity contribution in [2.45, 2.75) is 6.42 Å². The second-order valence-electron chi connectivity index (χ2n) is 5.62. The van der Waals surface area contributed by atoms with Gasteiger partial charge in [0.05, 0.1) is 11.3 Å². The van der Waals surface area contributed by atoms with E-state index in [-0.39, 0.29) is 23.6 Å². The van der Waals surface area contributed by atoms with E-state index < -0.39 is 10.8 Å². The van der Waals surface area contributed by atoms with E-state index in [2.05, 4.69) is 10.9 Å². The molecule has 0 atom stereocenters. The van der Waals surface area contributed by atoms with Crippen LogP contribution < -0.4 is 10.9 Å². The zero-order chi connectivity index (χ0) is 18.5. The van der Waals surface area contributed by atoms with Gasteiger partial charge in [0.2, 0.25) is 5.91 Å². The Kier molecular flexibility index (Phi) is 4.89. The van der Waals surface area contributed by atoms with E-state index in [0.29, 0.717) is 0 Å². The summed E-state index contributed by atoms with van der Waals surface area (Å²) in [6.07, 6.45) is 0.113. The monoisotopic (exact) mass is 349 g/mol. The van der Waals surface area contributed by atoms with E-state index >= 15 is 0 Å². The predicted octanol–water partition coefficient (Wildman–Crippen LogP) is 2.75. The van der Waals surface area contributed by atoms with E-state index in [9.17, 15) is 19.7 Å². The number of nitro benzene ring substituents is 1. The number of carbonyl (C=O) groups excluding carboxylic acids is 2. The Balaban J connectivity index is 1.61. The Morgan fingerprint density at radius 1 is 0.885 bits per heavy atom. The molecule has 0 spiro atoms. The predicted molar refractivity (Wildman–Crippen MR) is 96.4 cm³/mol. The number of nitrogens with zero attached hydrogens (tertiary/aromatic N) is 1.